The number of hydrogen-bond donors (Lipinski definition) is 2. The van der Waals surface area contributed by atoms with Crippen LogP contribution >= 0.6 is 0 Å². The molecule has 1 fully saturated rings. The van der Waals surface area contributed by atoms with Crippen LogP contribution in [0.3, 0.4) is 0 Å². The van der Waals surface area contributed by atoms with E-state index in [-0.39, 0.29) is 6.42 Å². The first-order valence-electron chi connectivity index (χ1n) is 7.06. The maximum atomic E-state index is 10.8. The van der Waals surface area contributed by atoms with Gasteiger partial charge in [-0.3, -0.25) is 4.79 Å². The van der Waals surface area contributed by atoms with Crippen molar-refractivity contribution in [3.8, 4) is 0 Å². The number of hydrogen-bond acceptors (Lipinski definition) is 2. The van der Waals surface area contributed by atoms with Gasteiger partial charge < -0.3 is 10.8 Å². The molecule has 1 saturated carbocycles. The van der Waals surface area contributed by atoms with E-state index in [0.717, 1.165) is 31.6 Å². The molecule has 0 spiro atoms. The highest BCUT2D eigenvalue weighted by molar-refractivity contribution is 5.68. The molecule has 0 aromatic heterocycles. The van der Waals surface area contributed by atoms with Crippen LogP contribution in [-0.2, 0) is 4.79 Å². The van der Waals surface area contributed by atoms with Crippen molar-refractivity contribution in [1.82, 2.24) is 0 Å². The first-order chi connectivity index (χ1) is 8.06. The van der Waals surface area contributed by atoms with Crippen LogP contribution in [0, 0.1) is 5.92 Å². The highest BCUT2D eigenvalue weighted by atomic mass is 16.4. The van der Waals surface area contributed by atoms with E-state index in [1.807, 2.05) is 0 Å². The average Bonchev–Trinajstić information content (AvgIpc) is 2.13. The summed E-state index contributed by atoms with van der Waals surface area (Å²) in [4.78, 5) is 10.8. The van der Waals surface area contributed by atoms with Crippen molar-refractivity contribution in [2.45, 2.75) is 76.7 Å². The number of unbranched alkanes of at least 4 members (excludes halogenated alkanes) is 1. The Hall–Kier alpha value is -0.570. The fourth-order valence-electron chi connectivity index (χ4n) is 2.79. The third-order valence-corrected chi connectivity index (χ3v) is 4.01. The lowest BCUT2D eigenvalue weighted by molar-refractivity contribution is -0.138. The van der Waals surface area contributed by atoms with Crippen molar-refractivity contribution in [1.29, 1.82) is 0 Å². The summed E-state index contributed by atoms with van der Waals surface area (Å²) in [6.45, 7) is 2.07. The molecule has 0 saturated heterocycles. The number of rotatable bonds is 9. The predicted octanol–water partition coefficient (Wildman–Crippen LogP) is 3.32. The van der Waals surface area contributed by atoms with Gasteiger partial charge in [0.05, 0.1) is 6.42 Å². The monoisotopic (exact) mass is 241 g/mol. The summed E-state index contributed by atoms with van der Waals surface area (Å²) in [5.74, 6) is 0.188. The number of carbonyl (C=O) groups is 1. The lowest BCUT2D eigenvalue weighted by Gasteiger charge is -2.29. The van der Waals surface area contributed by atoms with E-state index >= 15 is 0 Å². The molecule has 0 bridgehead atoms. The Kier molecular flexibility index (Phi) is 5.96. The first kappa shape index (κ1) is 14.5. The molecule has 100 valence electrons. The average molecular weight is 241 g/mol. The molecule has 0 aromatic rings. The Bertz CT molecular complexity index is 238. The Morgan fingerprint density at radius 3 is 2.53 bits per heavy atom. The lowest BCUT2D eigenvalue weighted by atomic mass is 9.80. The molecule has 0 heterocycles. The lowest BCUT2D eigenvalue weighted by Crippen LogP contribution is -2.41. The maximum absolute atomic E-state index is 10.8. The molecule has 1 aliphatic carbocycles. The van der Waals surface area contributed by atoms with E-state index < -0.39 is 11.5 Å². The maximum Gasteiger partial charge on any atom is 0.305 e. The van der Waals surface area contributed by atoms with Crippen LogP contribution in [0.1, 0.15) is 71.1 Å². The second kappa shape index (κ2) is 7.00. The number of carboxylic acid groups (broad SMARTS) is 1. The summed E-state index contributed by atoms with van der Waals surface area (Å²) < 4.78 is 0. The zero-order chi connectivity index (χ0) is 12.7. The molecule has 0 aliphatic heterocycles. The minimum absolute atomic E-state index is 0.115. The van der Waals surface area contributed by atoms with Gasteiger partial charge in [0.2, 0.25) is 0 Å². The molecule has 0 radical (unpaired) electrons. The summed E-state index contributed by atoms with van der Waals surface area (Å²) >= 11 is 0. The van der Waals surface area contributed by atoms with Crippen LogP contribution in [0.2, 0.25) is 0 Å². The van der Waals surface area contributed by atoms with Gasteiger partial charge in [0.15, 0.2) is 0 Å². The van der Waals surface area contributed by atoms with E-state index in [1.54, 1.807) is 0 Å². The van der Waals surface area contributed by atoms with E-state index in [9.17, 15) is 4.79 Å². The van der Waals surface area contributed by atoms with Crippen molar-refractivity contribution in [2.75, 3.05) is 0 Å². The predicted molar refractivity (Wildman–Crippen MR) is 69.9 cm³/mol. The molecule has 1 rings (SSSR count). The van der Waals surface area contributed by atoms with E-state index in [0.29, 0.717) is 0 Å². The van der Waals surface area contributed by atoms with Crippen LogP contribution in [0.4, 0.5) is 0 Å². The summed E-state index contributed by atoms with van der Waals surface area (Å²) in [5, 5.41) is 8.89. The smallest absolute Gasteiger partial charge is 0.305 e. The first-order valence-corrected chi connectivity index (χ1v) is 7.06. The topological polar surface area (TPSA) is 63.3 Å². The van der Waals surface area contributed by atoms with Gasteiger partial charge in [0, 0.05) is 5.54 Å². The zero-order valence-corrected chi connectivity index (χ0v) is 11.1. The highest BCUT2D eigenvalue weighted by Crippen LogP contribution is 2.32. The largest absolute Gasteiger partial charge is 0.481 e. The Labute approximate surface area is 105 Å². The molecule has 3 heteroatoms. The third-order valence-electron chi connectivity index (χ3n) is 4.01. The van der Waals surface area contributed by atoms with Crippen molar-refractivity contribution in [2.24, 2.45) is 11.7 Å². The van der Waals surface area contributed by atoms with Crippen molar-refractivity contribution < 1.29 is 9.90 Å². The van der Waals surface area contributed by atoms with E-state index in [1.165, 1.54) is 32.1 Å². The van der Waals surface area contributed by atoms with Gasteiger partial charge in [-0.15, -0.1) is 0 Å². The highest BCUT2D eigenvalue weighted by Gasteiger charge is 2.27. The fourth-order valence-corrected chi connectivity index (χ4v) is 2.79. The minimum Gasteiger partial charge on any atom is -0.481 e. The molecular weight excluding hydrogens is 214 g/mol. The number of nitrogens with two attached hydrogens (primary N) is 1. The molecule has 1 atom stereocenters. The van der Waals surface area contributed by atoms with Crippen molar-refractivity contribution >= 4 is 5.97 Å². The Morgan fingerprint density at radius 1 is 1.35 bits per heavy atom. The molecule has 17 heavy (non-hydrogen) atoms. The molecular formula is C14H27NO2. The molecule has 0 aromatic carbocycles. The van der Waals surface area contributed by atoms with E-state index in [2.05, 4.69) is 6.92 Å². The second-order valence-corrected chi connectivity index (χ2v) is 5.73. The fraction of sp³-hybridized carbons (Fsp3) is 0.929. The van der Waals surface area contributed by atoms with Gasteiger partial charge in [-0.2, -0.15) is 0 Å². The van der Waals surface area contributed by atoms with Gasteiger partial charge in [0.25, 0.3) is 0 Å². The second-order valence-electron chi connectivity index (χ2n) is 5.73. The number of aliphatic carboxylic acids is 1. The summed E-state index contributed by atoms with van der Waals surface area (Å²) in [5.41, 5.74) is 5.72. The van der Waals surface area contributed by atoms with Crippen molar-refractivity contribution in [3.63, 3.8) is 0 Å². The van der Waals surface area contributed by atoms with Crippen LogP contribution < -0.4 is 5.73 Å². The zero-order valence-electron chi connectivity index (χ0n) is 11.1. The van der Waals surface area contributed by atoms with E-state index in [4.69, 9.17) is 10.8 Å². The summed E-state index contributed by atoms with van der Waals surface area (Å²) in [7, 11) is 0. The van der Waals surface area contributed by atoms with Crippen molar-refractivity contribution in [3.05, 3.63) is 0 Å². The quantitative estimate of drug-likeness (QED) is 0.609. The van der Waals surface area contributed by atoms with Gasteiger partial charge in [-0.05, 0) is 18.8 Å². The van der Waals surface area contributed by atoms with Crippen LogP contribution in [0.25, 0.3) is 0 Å². The SMILES string of the molecule is CCCC(N)(CCCCC1CCC1)CC(=O)O. The molecule has 1 aliphatic rings. The standard InChI is InChI=1S/C14H27NO2/c1-2-9-14(15,11-13(16)17)10-4-3-6-12-7-5-8-12/h12H,2-11,15H2,1H3,(H,16,17). The van der Waals surface area contributed by atoms with Gasteiger partial charge in [-0.1, -0.05) is 51.9 Å². The van der Waals surface area contributed by atoms with Crippen LogP contribution in [-0.4, -0.2) is 16.6 Å². The van der Waals surface area contributed by atoms with Gasteiger partial charge in [0.1, 0.15) is 0 Å². The molecule has 1 unspecified atom stereocenters. The molecule has 0 amide bonds. The van der Waals surface area contributed by atoms with Gasteiger partial charge in [-0.25, -0.2) is 0 Å². The molecule has 3 nitrogen and oxygen atoms in total. The Morgan fingerprint density at radius 2 is 2.06 bits per heavy atom. The van der Waals surface area contributed by atoms with Gasteiger partial charge >= 0.3 is 5.97 Å². The number of carboxylic acids is 1. The third kappa shape index (κ3) is 5.53. The summed E-state index contributed by atoms with van der Waals surface area (Å²) in [6, 6.07) is 0. The normalized spacial score (nSPS) is 19.6. The minimum atomic E-state index is -0.764. The Balaban J connectivity index is 2.19. The van der Waals surface area contributed by atoms with Crippen LogP contribution in [0.5, 0.6) is 0 Å². The summed E-state index contributed by atoms with van der Waals surface area (Å²) in [6.07, 6.45) is 10.6. The molecule has 3 N–H and O–H groups in total. The van der Waals surface area contributed by atoms with Crippen LogP contribution in [0.15, 0.2) is 0 Å².